The van der Waals surface area contributed by atoms with Crippen LogP contribution in [0.15, 0.2) is 36.9 Å². The van der Waals surface area contributed by atoms with Gasteiger partial charge in [0.25, 0.3) is 0 Å². The van der Waals surface area contributed by atoms with Gasteiger partial charge in [0.1, 0.15) is 18.5 Å². The van der Waals surface area contributed by atoms with Crippen molar-refractivity contribution in [3.63, 3.8) is 0 Å². The lowest BCUT2D eigenvalue weighted by molar-refractivity contribution is -0.274. The minimum atomic E-state index is -0.799. The third-order valence-electron chi connectivity index (χ3n) is 2.50. The minimum Gasteiger partial charge on any atom is -0.459 e. The summed E-state index contributed by atoms with van der Waals surface area (Å²) in [5.41, 5.74) is 0.822. The van der Waals surface area contributed by atoms with Gasteiger partial charge in [0, 0.05) is 18.7 Å². The Morgan fingerprint density at radius 1 is 1.50 bits per heavy atom. The molecule has 1 aromatic carbocycles. The first-order chi connectivity index (χ1) is 8.74. The molecule has 5 heteroatoms. The highest BCUT2D eigenvalue weighted by atomic mass is 16.8. The van der Waals surface area contributed by atoms with E-state index in [4.69, 9.17) is 18.9 Å². The van der Waals surface area contributed by atoms with E-state index in [0.717, 1.165) is 11.6 Å². The molecule has 0 saturated carbocycles. The van der Waals surface area contributed by atoms with E-state index in [-0.39, 0.29) is 6.61 Å². The molecule has 0 fully saturated rings. The Bertz CT molecular complexity index is 443. The summed E-state index contributed by atoms with van der Waals surface area (Å²) in [5, 5.41) is 0. The van der Waals surface area contributed by atoms with Gasteiger partial charge in [0.15, 0.2) is 0 Å². The van der Waals surface area contributed by atoms with Crippen LogP contribution in [0.4, 0.5) is 0 Å². The number of para-hydroxylation sites is 1. The first-order valence-corrected chi connectivity index (χ1v) is 5.47. The molecule has 2 unspecified atom stereocenters. The van der Waals surface area contributed by atoms with Gasteiger partial charge in [-0.2, -0.15) is 0 Å². The summed E-state index contributed by atoms with van der Waals surface area (Å²) in [4.78, 5) is 11.1. The van der Waals surface area contributed by atoms with Crippen molar-refractivity contribution in [1.82, 2.24) is 0 Å². The molecule has 2 atom stereocenters. The number of rotatable bonds is 4. The van der Waals surface area contributed by atoms with Crippen molar-refractivity contribution < 1.29 is 23.7 Å². The molecular weight excluding hydrogens is 236 g/mol. The molecule has 1 aliphatic rings. The lowest BCUT2D eigenvalue weighted by Gasteiger charge is -2.30. The topological polar surface area (TPSA) is 54.0 Å². The number of benzene rings is 1. The number of hydrogen-bond donors (Lipinski definition) is 0. The van der Waals surface area contributed by atoms with Crippen LogP contribution in [0.25, 0.3) is 0 Å². The molecule has 0 spiro atoms. The fourth-order valence-electron chi connectivity index (χ4n) is 1.64. The molecule has 0 saturated heterocycles. The van der Waals surface area contributed by atoms with E-state index in [9.17, 15) is 4.79 Å². The molecule has 0 aliphatic carbocycles. The van der Waals surface area contributed by atoms with Crippen LogP contribution in [0.3, 0.4) is 0 Å². The molecule has 2 rings (SSSR count). The summed E-state index contributed by atoms with van der Waals surface area (Å²) in [6.45, 7) is 2.62. The van der Waals surface area contributed by atoms with Crippen LogP contribution >= 0.6 is 0 Å². The van der Waals surface area contributed by atoms with Gasteiger partial charge in [-0.05, 0) is 6.07 Å². The maximum Gasteiger partial charge on any atom is 0.330 e. The minimum absolute atomic E-state index is 0.0884. The third kappa shape index (κ3) is 2.69. The zero-order valence-corrected chi connectivity index (χ0v) is 10.00. The van der Waals surface area contributed by atoms with Crippen molar-refractivity contribution in [3.8, 4) is 5.75 Å². The molecule has 0 aromatic heterocycles. The van der Waals surface area contributed by atoms with Crippen molar-refractivity contribution in [2.75, 3.05) is 13.7 Å². The first kappa shape index (κ1) is 12.6. The fraction of sp³-hybridized carbons (Fsp3) is 0.308. The van der Waals surface area contributed by atoms with Gasteiger partial charge in [0.2, 0.25) is 0 Å². The van der Waals surface area contributed by atoms with Crippen molar-refractivity contribution in [2.45, 2.75) is 12.6 Å². The molecule has 5 nitrogen and oxygen atoms in total. The quantitative estimate of drug-likeness (QED) is 0.602. The summed E-state index contributed by atoms with van der Waals surface area (Å²) in [6.07, 6.45) is 0.697. The molecule has 96 valence electrons. The Balaban J connectivity index is 2.13. The van der Waals surface area contributed by atoms with E-state index in [1.807, 2.05) is 24.3 Å². The van der Waals surface area contributed by atoms with Gasteiger partial charge in [-0.1, -0.05) is 24.8 Å². The summed E-state index contributed by atoms with van der Waals surface area (Å²) >= 11 is 0. The van der Waals surface area contributed by atoms with Gasteiger partial charge in [-0.15, -0.1) is 0 Å². The molecule has 1 heterocycles. The molecule has 0 radical (unpaired) electrons. The Kier molecular flexibility index (Phi) is 3.96. The predicted octanol–water partition coefficient (Wildman–Crippen LogP) is 1.80. The zero-order valence-electron chi connectivity index (χ0n) is 10.00. The van der Waals surface area contributed by atoms with E-state index in [0.29, 0.717) is 5.75 Å². The van der Waals surface area contributed by atoms with Crippen molar-refractivity contribution in [2.24, 2.45) is 0 Å². The Morgan fingerprint density at radius 2 is 2.28 bits per heavy atom. The van der Waals surface area contributed by atoms with Crippen molar-refractivity contribution in [3.05, 3.63) is 42.5 Å². The highest BCUT2D eigenvalue weighted by Gasteiger charge is 2.29. The van der Waals surface area contributed by atoms with Gasteiger partial charge in [0.05, 0.1) is 0 Å². The maximum atomic E-state index is 11.1. The van der Waals surface area contributed by atoms with Crippen LogP contribution in [-0.4, -0.2) is 26.2 Å². The number of carbonyl (C=O) groups is 1. The molecule has 1 aliphatic heterocycles. The van der Waals surface area contributed by atoms with E-state index >= 15 is 0 Å². The van der Waals surface area contributed by atoms with Gasteiger partial charge >= 0.3 is 12.4 Å². The number of ether oxygens (including phenoxy) is 4. The highest BCUT2D eigenvalue weighted by molar-refractivity contribution is 5.81. The van der Waals surface area contributed by atoms with E-state index in [2.05, 4.69) is 6.58 Å². The second-order valence-corrected chi connectivity index (χ2v) is 3.64. The second-order valence-electron chi connectivity index (χ2n) is 3.64. The predicted molar refractivity (Wildman–Crippen MR) is 62.8 cm³/mol. The maximum absolute atomic E-state index is 11.1. The summed E-state index contributed by atoms with van der Waals surface area (Å²) in [6, 6.07) is 7.38. The van der Waals surface area contributed by atoms with Crippen LogP contribution in [0, 0.1) is 0 Å². The third-order valence-corrected chi connectivity index (χ3v) is 2.50. The van der Waals surface area contributed by atoms with E-state index in [1.54, 1.807) is 0 Å². The second kappa shape index (κ2) is 5.66. The monoisotopic (exact) mass is 250 g/mol. The smallest absolute Gasteiger partial charge is 0.330 e. The standard InChI is InChI=1S/C13H14O5/c1-3-12(14)16-8-11-9-6-4-5-7-10(9)17-13(15-2)18-11/h3-7,11,13H,1,8H2,2H3. The normalized spacial score (nSPS) is 21.6. The molecule has 1 aromatic rings. The first-order valence-electron chi connectivity index (χ1n) is 5.47. The van der Waals surface area contributed by atoms with Crippen molar-refractivity contribution >= 4 is 5.97 Å². The van der Waals surface area contributed by atoms with Gasteiger partial charge in [-0.3, -0.25) is 0 Å². The number of fused-ring (bicyclic) bond motifs is 1. The largest absolute Gasteiger partial charge is 0.459 e. The Morgan fingerprint density at radius 3 is 3.00 bits per heavy atom. The number of hydrogen-bond acceptors (Lipinski definition) is 5. The van der Waals surface area contributed by atoms with Crippen LogP contribution < -0.4 is 4.74 Å². The van der Waals surface area contributed by atoms with Gasteiger partial charge < -0.3 is 18.9 Å². The SMILES string of the molecule is C=CC(=O)OCC1OC(OC)Oc2ccccc21. The highest BCUT2D eigenvalue weighted by Crippen LogP contribution is 2.34. The summed E-state index contributed by atoms with van der Waals surface area (Å²) < 4.78 is 20.9. The number of carbonyl (C=O) groups excluding carboxylic acids is 1. The number of esters is 1. The van der Waals surface area contributed by atoms with E-state index in [1.165, 1.54) is 7.11 Å². The van der Waals surface area contributed by atoms with Gasteiger partial charge in [-0.25, -0.2) is 4.79 Å². The molecule has 0 N–H and O–H groups in total. The zero-order chi connectivity index (χ0) is 13.0. The lowest BCUT2D eigenvalue weighted by atomic mass is 10.1. The van der Waals surface area contributed by atoms with Crippen molar-refractivity contribution in [1.29, 1.82) is 0 Å². The summed E-state index contributed by atoms with van der Waals surface area (Å²) in [5.74, 6) is 0.173. The molecule has 0 amide bonds. The summed E-state index contributed by atoms with van der Waals surface area (Å²) in [7, 11) is 1.48. The fourth-order valence-corrected chi connectivity index (χ4v) is 1.64. The van der Waals surface area contributed by atoms with Crippen LogP contribution in [-0.2, 0) is 19.0 Å². The lowest BCUT2D eigenvalue weighted by Crippen LogP contribution is -2.32. The Labute approximate surface area is 105 Å². The molecule has 18 heavy (non-hydrogen) atoms. The van der Waals surface area contributed by atoms with Crippen LogP contribution in [0.1, 0.15) is 11.7 Å². The average Bonchev–Trinajstić information content (AvgIpc) is 2.43. The molecular formula is C13H14O5. The van der Waals surface area contributed by atoms with Crippen LogP contribution in [0.5, 0.6) is 5.75 Å². The van der Waals surface area contributed by atoms with E-state index < -0.39 is 18.5 Å². The average molecular weight is 250 g/mol. The number of methoxy groups -OCH3 is 1. The van der Waals surface area contributed by atoms with Crippen LogP contribution in [0.2, 0.25) is 0 Å². The Hall–Kier alpha value is -1.85. The molecule has 0 bridgehead atoms.